The highest BCUT2D eigenvalue weighted by molar-refractivity contribution is 5.45. The van der Waals surface area contributed by atoms with Crippen LogP contribution >= 0.6 is 0 Å². The van der Waals surface area contributed by atoms with Crippen molar-refractivity contribution in [1.82, 2.24) is 9.97 Å². The van der Waals surface area contributed by atoms with Crippen LogP contribution in [-0.2, 0) is 0 Å². The number of ether oxygens (including phenoxy) is 2. The molecule has 0 aliphatic carbocycles. The Morgan fingerprint density at radius 2 is 1.68 bits per heavy atom. The first kappa shape index (κ1) is 14.6. The number of benzene rings is 1. The molecule has 0 spiro atoms. The minimum Gasteiger partial charge on any atom is -0.493 e. The van der Waals surface area contributed by atoms with Crippen LogP contribution in [0.15, 0.2) is 36.7 Å². The van der Waals surface area contributed by atoms with Crippen LogP contribution in [-0.4, -0.2) is 30.2 Å². The molecule has 5 nitrogen and oxygen atoms in total. The minimum atomic E-state index is 0.541. The van der Waals surface area contributed by atoms with Gasteiger partial charge in [-0.15, -0.1) is 0 Å². The molecule has 1 aliphatic heterocycles. The molecule has 22 heavy (non-hydrogen) atoms. The maximum Gasteiger partial charge on any atom is 0.224 e. The molecule has 0 bridgehead atoms. The van der Waals surface area contributed by atoms with E-state index in [4.69, 9.17) is 9.47 Å². The first-order chi connectivity index (χ1) is 10.9. The van der Waals surface area contributed by atoms with Crippen molar-refractivity contribution in [3.63, 3.8) is 0 Å². The smallest absolute Gasteiger partial charge is 0.224 e. The molecule has 1 saturated heterocycles. The molecule has 1 aromatic carbocycles. The average molecular weight is 299 g/mol. The van der Waals surface area contributed by atoms with Gasteiger partial charge in [0.2, 0.25) is 5.88 Å². The quantitative estimate of drug-likeness (QED) is 0.862. The van der Waals surface area contributed by atoms with Crippen LogP contribution in [0.2, 0.25) is 0 Å². The summed E-state index contributed by atoms with van der Waals surface area (Å²) in [5.41, 5.74) is 0. The number of methoxy groups -OCH3 is 1. The standard InChI is InChI=1S/C17H21N3O2/c1-21-14-8-4-5-9-15(14)22-17-12-16(18-13-19-17)20-10-6-2-3-7-11-20/h4-5,8-9,12-13H,2-3,6-7,10-11H2,1H3. The zero-order valence-corrected chi connectivity index (χ0v) is 12.9. The number of nitrogens with zero attached hydrogens (tertiary/aromatic N) is 3. The summed E-state index contributed by atoms with van der Waals surface area (Å²) in [7, 11) is 1.63. The predicted molar refractivity (Wildman–Crippen MR) is 85.8 cm³/mol. The third-order valence-corrected chi connectivity index (χ3v) is 3.84. The highest BCUT2D eigenvalue weighted by atomic mass is 16.5. The van der Waals surface area contributed by atoms with Gasteiger partial charge in [0.15, 0.2) is 11.5 Å². The van der Waals surface area contributed by atoms with E-state index in [-0.39, 0.29) is 0 Å². The van der Waals surface area contributed by atoms with E-state index in [9.17, 15) is 0 Å². The number of hydrogen-bond donors (Lipinski definition) is 0. The van der Waals surface area contributed by atoms with Crippen molar-refractivity contribution in [2.75, 3.05) is 25.1 Å². The lowest BCUT2D eigenvalue weighted by Crippen LogP contribution is -2.24. The number of para-hydroxylation sites is 2. The summed E-state index contributed by atoms with van der Waals surface area (Å²) in [4.78, 5) is 10.9. The van der Waals surface area contributed by atoms with Gasteiger partial charge in [-0.1, -0.05) is 25.0 Å². The predicted octanol–water partition coefficient (Wildman–Crippen LogP) is 3.66. The van der Waals surface area contributed by atoms with Gasteiger partial charge in [-0.05, 0) is 25.0 Å². The summed E-state index contributed by atoms with van der Waals surface area (Å²) in [5.74, 6) is 2.82. The Labute approximate surface area is 130 Å². The lowest BCUT2D eigenvalue weighted by Gasteiger charge is -2.21. The Morgan fingerprint density at radius 3 is 2.41 bits per heavy atom. The molecule has 3 rings (SSSR count). The minimum absolute atomic E-state index is 0.541. The van der Waals surface area contributed by atoms with Gasteiger partial charge in [-0.25, -0.2) is 9.97 Å². The van der Waals surface area contributed by atoms with Crippen LogP contribution < -0.4 is 14.4 Å². The molecule has 1 fully saturated rings. The van der Waals surface area contributed by atoms with E-state index in [0.29, 0.717) is 17.4 Å². The molecule has 5 heteroatoms. The number of hydrogen-bond acceptors (Lipinski definition) is 5. The Hall–Kier alpha value is -2.30. The number of aromatic nitrogens is 2. The van der Waals surface area contributed by atoms with Gasteiger partial charge in [0.25, 0.3) is 0 Å². The Kier molecular flexibility index (Phi) is 4.73. The molecule has 1 aliphatic rings. The second kappa shape index (κ2) is 7.11. The second-order valence-corrected chi connectivity index (χ2v) is 5.37. The lowest BCUT2D eigenvalue weighted by atomic mass is 10.2. The molecule has 116 valence electrons. The molecular formula is C17H21N3O2. The van der Waals surface area contributed by atoms with Crippen LogP contribution in [0.3, 0.4) is 0 Å². The first-order valence-corrected chi connectivity index (χ1v) is 7.74. The van der Waals surface area contributed by atoms with Crippen LogP contribution in [0, 0.1) is 0 Å². The van der Waals surface area contributed by atoms with Gasteiger partial charge < -0.3 is 14.4 Å². The number of rotatable bonds is 4. The van der Waals surface area contributed by atoms with Crippen molar-refractivity contribution < 1.29 is 9.47 Å². The normalized spacial score (nSPS) is 15.2. The highest BCUT2D eigenvalue weighted by Gasteiger charge is 2.13. The molecule has 0 atom stereocenters. The fraction of sp³-hybridized carbons (Fsp3) is 0.412. The van der Waals surface area contributed by atoms with Gasteiger partial charge in [0.05, 0.1) is 7.11 Å². The second-order valence-electron chi connectivity index (χ2n) is 5.37. The van der Waals surface area contributed by atoms with Crippen molar-refractivity contribution in [3.8, 4) is 17.4 Å². The van der Waals surface area contributed by atoms with Gasteiger partial charge in [-0.2, -0.15) is 0 Å². The van der Waals surface area contributed by atoms with E-state index in [0.717, 1.165) is 18.9 Å². The maximum atomic E-state index is 5.86. The average Bonchev–Trinajstić information content (AvgIpc) is 2.85. The van der Waals surface area contributed by atoms with E-state index in [1.165, 1.54) is 25.7 Å². The number of anilines is 1. The molecule has 0 radical (unpaired) electrons. The maximum absolute atomic E-state index is 5.86. The SMILES string of the molecule is COc1ccccc1Oc1cc(N2CCCCCC2)ncn1. The fourth-order valence-corrected chi connectivity index (χ4v) is 2.67. The Bertz CT molecular complexity index is 610. The topological polar surface area (TPSA) is 47.5 Å². The molecule has 2 heterocycles. The Balaban J connectivity index is 1.78. The summed E-state index contributed by atoms with van der Waals surface area (Å²) in [6.45, 7) is 2.09. The van der Waals surface area contributed by atoms with Gasteiger partial charge in [0.1, 0.15) is 12.1 Å². The summed E-state index contributed by atoms with van der Waals surface area (Å²) >= 11 is 0. The fourth-order valence-electron chi connectivity index (χ4n) is 2.67. The third-order valence-electron chi connectivity index (χ3n) is 3.84. The first-order valence-electron chi connectivity index (χ1n) is 7.74. The molecule has 0 amide bonds. The van der Waals surface area contributed by atoms with Crippen LogP contribution in [0.5, 0.6) is 17.4 Å². The van der Waals surface area contributed by atoms with E-state index >= 15 is 0 Å². The zero-order chi connectivity index (χ0) is 15.2. The summed E-state index contributed by atoms with van der Waals surface area (Å²) in [6, 6.07) is 9.46. The van der Waals surface area contributed by atoms with Crippen molar-refractivity contribution >= 4 is 5.82 Å². The van der Waals surface area contributed by atoms with Gasteiger partial charge in [-0.3, -0.25) is 0 Å². The Morgan fingerprint density at radius 1 is 0.955 bits per heavy atom. The lowest BCUT2D eigenvalue weighted by molar-refractivity contribution is 0.374. The van der Waals surface area contributed by atoms with E-state index < -0.39 is 0 Å². The van der Waals surface area contributed by atoms with Crippen LogP contribution in [0.1, 0.15) is 25.7 Å². The van der Waals surface area contributed by atoms with Crippen molar-refractivity contribution in [2.24, 2.45) is 0 Å². The van der Waals surface area contributed by atoms with Crippen LogP contribution in [0.25, 0.3) is 0 Å². The summed E-state index contributed by atoms with van der Waals surface area (Å²) < 4.78 is 11.2. The summed E-state index contributed by atoms with van der Waals surface area (Å²) in [5, 5.41) is 0. The van der Waals surface area contributed by atoms with E-state index in [1.807, 2.05) is 30.3 Å². The zero-order valence-electron chi connectivity index (χ0n) is 12.9. The molecule has 0 unspecified atom stereocenters. The molecule has 2 aromatic rings. The van der Waals surface area contributed by atoms with Crippen molar-refractivity contribution in [1.29, 1.82) is 0 Å². The molecule has 0 saturated carbocycles. The van der Waals surface area contributed by atoms with Crippen LogP contribution in [0.4, 0.5) is 5.82 Å². The van der Waals surface area contributed by atoms with Crippen molar-refractivity contribution in [2.45, 2.75) is 25.7 Å². The third kappa shape index (κ3) is 3.47. The van der Waals surface area contributed by atoms with Crippen molar-refractivity contribution in [3.05, 3.63) is 36.7 Å². The monoisotopic (exact) mass is 299 g/mol. The van der Waals surface area contributed by atoms with E-state index in [1.54, 1.807) is 13.4 Å². The van der Waals surface area contributed by atoms with Gasteiger partial charge in [0, 0.05) is 19.2 Å². The molecular weight excluding hydrogens is 278 g/mol. The largest absolute Gasteiger partial charge is 0.493 e. The summed E-state index contributed by atoms with van der Waals surface area (Å²) in [6.07, 6.45) is 6.59. The van der Waals surface area contributed by atoms with Gasteiger partial charge >= 0.3 is 0 Å². The highest BCUT2D eigenvalue weighted by Crippen LogP contribution is 2.31. The molecule has 0 N–H and O–H groups in total. The molecule has 1 aromatic heterocycles. The van der Waals surface area contributed by atoms with E-state index in [2.05, 4.69) is 14.9 Å².